The molecule has 1 aliphatic carbocycles. The fraction of sp³-hybridized carbons (Fsp3) is 0.417. The fourth-order valence-electron chi connectivity index (χ4n) is 3.86. The third-order valence-electron chi connectivity index (χ3n) is 5.67. The van der Waals surface area contributed by atoms with Crippen molar-refractivity contribution in [3.05, 3.63) is 69.7 Å². The molecule has 1 saturated carbocycles. The highest BCUT2D eigenvalue weighted by molar-refractivity contribution is 6.35. The summed E-state index contributed by atoms with van der Waals surface area (Å²) in [4.78, 5) is 27.8. The van der Waals surface area contributed by atoms with Crippen molar-refractivity contribution in [1.29, 1.82) is 0 Å². The van der Waals surface area contributed by atoms with E-state index in [0.29, 0.717) is 22.2 Å². The maximum atomic E-state index is 13.2. The molecule has 1 aliphatic rings. The Morgan fingerprint density at radius 2 is 1.77 bits per heavy atom. The number of rotatable bonds is 7. The van der Waals surface area contributed by atoms with E-state index < -0.39 is 6.04 Å². The molecule has 2 amide bonds. The second-order valence-electron chi connectivity index (χ2n) is 7.94. The van der Waals surface area contributed by atoms with Crippen LogP contribution in [-0.4, -0.2) is 28.8 Å². The van der Waals surface area contributed by atoms with Crippen LogP contribution in [0.4, 0.5) is 0 Å². The fourth-order valence-corrected chi connectivity index (χ4v) is 4.34. The summed E-state index contributed by atoms with van der Waals surface area (Å²) in [5.41, 5.74) is 1.68. The number of halogens is 2. The zero-order chi connectivity index (χ0) is 21.5. The number of nitrogens with zero attached hydrogens (tertiary/aromatic N) is 1. The van der Waals surface area contributed by atoms with Crippen LogP contribution >= 0.6 is 23.2 Å². The Morgan fingerprint density at radius 1 is 1.07 bits per heavy atom. The first-order chi connectivity index (χ1) is 14.4. The topological polar surface area (TPSA) is 49.4 Å². The monoisotopic (exact) mass is 446 g/mol. The van der Waals surface area contributed by atoms with E-state index in [1.807, 2.05) is 30.3 Å². The lowest BCUT2D eigenvalue weighted by Crippen LogP contribution is -2.50. The molecular weight excluding hydrogens is 419 g/mol. The Balaban J connectivity index is 1.76. The van der Waals surface area contributed by atoms with Gasteiger partial charge < -0.3 is 10.2 Å². The van der Waals surface area contributed by atoms with E-state index in [1.54, 1.807) is 30.0 Å². The van der Waals surface area contributed by atoms with Crippen molar-refractivity contribution in [3.63, 3.8) is 0 Å². The summed E-state index contributed by atoms with van der Waals surface area (Å²) in [6.45, 7) is 2.16. The van der Waals surface area contributed by atoms with E-state index >= 15 is 0 Å². The molecular formula is C24H28Cl2N2O2. The van der Waals surface area contributed by atoms with Crippen LogP contribution in [0.3, 0.4) is 0 Å². The second-order valence-corrected chi connectivity index (χ2v) is 8.78. The molecule has 2 aromatic rings. The molecule has 0 radical (unpaired) electrons. The van der Waals surface area contributed by atoms with Gasteiger partial charge in [-0.1, -0.05) is 78.9 Å². The second kappa shape index (κ2) is 10.8. The molecule has 0 heterocycles. The van der Waals surface area contributed by atoms with Crippen LogP contribution < -0.4 is 5.32 Å². The summed E-state index contributed by atoms with van der Waals surface area (Å²) in [5.74, 6) is -0.247. The lowest BCUT2D eigenvalue weighted by atomic mass is 9.95. The number of benzene rings is 2. The van der Waals surface area contributed by atoms with E-state index in [4.69, 9.17) is 23.2 Å². The molecule has 1 atom stereocenters. The molecule has 1 N–H and O–H groups in total. The molecule has 160 valence electrons. The first-order valence-corrected chi connectivity index (χ1v) is 11.3. The van der Waals surface area contributed by atoms with Gasteiger partial charge in [-0.05, 0) is 43.0 Å². The molecule has 0 spiro atoms. The summed E-state index contributed by atoms with van der Waals surface area (Å²) in [5, 5.41) is 4.13. The van der Waals surface area contributed by atoms with Gasteiger partial charge in [0.2, 0.25) is 11.8 Å². The Bertz CT molecular complexity index is 867. The van der Waals surface area contributed by atoms with Crippen molar-refractivity contribution in [3.8, 4) is 0 Å². The highest BCUT2D eigenvalue weighted by atomic mass is 35.5. The van der Waals surface area contributed by atoms with Crippen molar-refractivity contribution in [1.82, 2.24) is 10.2 Å². The SMILES string of the molecule is C[C@H](C(=O)NC1CCCCC1)N(Cc1ccccc1)C(=O)Cc1ccc(Cl)cc1Cl. The lowest BCUT2D eigenvalue weighted by Gasteiger charge is -2.31. The van der Waals surface area contributed by atoms with Crippen molar-refractivity contribution in [2.24, 2.45) is 0 Å². The maximum absolute atomic E-state index is 13.2. The van der Waals surface area contributed by atoms with E-state index in [2.05, 4.69) is 5.32 Å². The highest BCUT2D eigenvalue weighted by Crippen LogP contribution is 2.23. The minimum atomic E-state index is -0.578. The standard InChI is InChI=1S/C24H28Cl2N2O2/c1-17(24(30)27-21-10-6-3-7-11-21)28(16-18-8-4-2-5-9-18)23(29)14-19-12-13-20(25)15-22(19)26/h2,4-5,8-9,12-13,15,17,21H,3,6-7,10-11,14,16H2,1H3,(H,27,30)/t17-/m1/s1. The quantitative estimate of drug-likeness (QED) is 0.618. The Kier molecular flexibility index (Phi) is 8.17. The average molecular weight is 447 g/mol. The van der Waals surface area contributed by atoms with Gasteiger partial charge in [0.25, 0.3) is 0 Å². The molecule has 4 nitrogen and oxygen atoms in total. The van der Waals surface area contributed by atoms with Gasteiger partial charge in [-0.3, -0.25) is 9.59 Å². The van der Waals surface area contributed by atoms with Gasteiger partial charge in [0.05, 0.1) is 6.42 Å². The zero-order valence-corrected chi connectivity index (χ0v) is 18.8. The van der Waals surface area contributed by atoms with Crippen LogP contribution in [0.2, 0.25) is 10.0 Å². The molecule has 3 rings (SSSR count). The summed E-state index contributed by atoms with van der Waals surface area (Å²) < 4.78 is 0. The average Bonchev–Trinajstić information content (AvgIpc) is 2.75. The Labute approximate surface area is 188 Å². The van der Waals surface area contributed by atoms with Gasteiger partial charge in [-0.15, -0.1) is 0 Å². The van der Waals surface area contributed by atoms with E-state index in [9.17, 15) is 9.59 Å². The number of hydrogen-bond donors (Lipinski definition) is 1. The smallest absolute Gasteiger partial charge is 0.242 e. The Hall–Kier alpha value is -2.04. The van der Waals surface area contributed by atoms with Crippen LogP contribution in [0.1, 0.15) is 50.2 Å². The van der Waals surface area contributed by atoms with Gasteiger partial charge in [0.15, 0.2) is 0 Å². The summed E-state index contributed by atoms with van der Waals surface area (Å²) in [6, 6.07) is 14.4. The molecule has 6 heteroatoms. The van der Waals surface area contributed by atoms with Gasteiger partial charge in [0, 0.05) is 22.6 Å². The molecule has 0 unspecified atom stereocenters. The first kappa shape index (κ1) is 22.6. The number of nitrogens with one attached hydrogen (secondary N) is 1. The molecule has 0 bridgehead atoms. The summed E-state index contributed by atoms with van der Waals surface area (Å²) >= 11 is 12.3. The van der Waals surface area contributed by atoms with Crippen LogP contribution in [0.15, 0.2) is 48.5 Å². The molecule has 2 aromatic carbocycles. The number of carbonyl (C=O) groups excluding carboxylic acids is 2. The maximum Gasteiger partial charge on any atom is 0.242 e. The number of carbonyl (C=O) groups is 2. The van der Waals surface area contributed by atoms with E-state index in [0.717, 1.165) is 31.2 Å². The van der Waals surface area contributed by atoms with Crippen molar-refractivity contribution < 1.29 is 9.59 Å². The van der Waals surface area contributed by atoms with Gasteiger partial charge >= 0.3 is 0 Å². The van der Waals surface area contributed by atoms with Crippen LogP contribution in [-0.2, 0) is 22.6 Å². The summed E-state index contributed by atoms with van der Waals surface area (Å²) in [6.07, 6.45) is 5.63. The van der Waals surface area contributed by atoms with Gasteiger partial charge in [-0.25, -0.2) is 0 Å². The normalized spacial score (nSPS) is 15.4. The first-order valence-electron chi connectivity index (χ1n) is 10.5. The number of amides is 2. The van der Waals surface area contributed by atoms with E-state index in [-0.39, 0.29) is 24.3 Å². The zero-order valence-electron chi connectivity index (χ0n) is 17.2. The minimum absolute atomic E-state index is 0.103. The Morgan fingerprint density at radius 3 is 2.43 bits per heavy atom. The largest absolute Gasteiger partial charge is 0.352 e. The number of hydrogen-bond acceptors (Lipinski definition) is 2. The highest BCUT2D eigenvalue weighted by Gasteiger charge is 2.28. The third-order valence-corrected chi connectivity index (χ3v) is 6.26. The summed E-state index contributed by atoms with van der Waals surface area (Å²) in [7, 11) is 0. The lowest BCUT2D eigenvalue weighted by molar-refractivity contribution is -0.140. The molecule has 0 aliphatic heterocycles. The van der Waals surface area contributed by atoms with Crippen molar-refractivity contribution in [2.75, 3.05) is 0 Å². The van der Waals surface area contributed by atoms with Crippen molar-refractivity contribution >= 4 is 35.0 Å². The third kappa shape index (κ3) is 6.23. The molecule has 0 aromatic heterocycles. The molecule has 30 heavy (non-hydrogen) atoms. The van der Waals surface area contributed by atoms with Crippen LogP contribution in [0.5, 0.6) is 0 Å². The van der Waals surface area contributed by atoms with Crippen LogP contribution in [0.25, 0.3) is 0 Å². The van der Waals surface area contributed by atoms with E-state index in [1.165, 1.54) is 6.42 Å². The molecule has 0 saturated heterocycles. The predicted octanol–water partition coefficient (Wildman–Crippen LogP) is 5.40. The van der Waals surface area contributed by atoms with Crippen LogP contribution in [0, 0.1) is 0 Å². The van der Waals surface area contributed by atoms with Crippen molar-refractivity contribution in [2.45, 2.75) is 64.1 Å². The molecule has 1 fully saturated rings. The predicted molar refractivity (Wildman–Crippen MR) is 122 cm³/mol. The minimum Gasteiger partial charge on any atom is -0.352 e. The van der Waals surface area contributed by atoms with Gasteiger partial charge in [-0.2, -0.15) is 0 Å². The van der Waals surface area contributed by atoms with Gasteiger partial charge in [0.1, 0.15) is 6.04 Å².